The van der Waals surface area contributed by atoms with E-state index >= 15 is 0 Å². The van der Waals surface area contributed by atoms with Crippen LogP contribution in [0.5, 0.6) is 0 Å². The molecule has 0 fully saturated rings. The Balaban J connectivity index is 2.02. The molecule has 1 heterocycles. The van der Waals surface area contributed by atoms with Crippen molar-refractivity contribution in [3.8, 4) is 0 Å². The summed E-state index contributed by atoms with van der Waals surface area (Å²) in [5.41, 5.74) is 10.6. The molecule has 2 aromatic carbocycles. The van der Waals surface area contributed by atoms with Gasteiger partial charge in [0.1, 0.15) is 0 Å². The Morgan fingerprint density at radius 2 is 1.67 bits per heavy atom. The number of hydrogen-bond acceptors (Lipinski definition) is 3. The number of aryl methyl sites for hydroxylation is 1. The van der Waals surface area contributed by atoms with Crippen LogP contribution >= 0.6 is 0 Å². The van der Waals surface area contributed by atoms with Gasteiger partial charge in [0.05, 0.1) is 11.7 Å². The topological polar surface area (TPSA) is 41.6 Å². The smallest absolute Gasteiger partial charge is 0.197 e. The molecule has 2 aromatic rings. The molecule has 0 radical (unpaired) electrons. The second-order valence-corrected chi connectivity index (χ2v) is 5.35. The minimum Gasteiger partial charge on any atom is -0.369 e. The summed E-state index contributed by atoms with van der Waals surface area (Å²) < 4.78 is 0. The second kappa shape index (κ2) is 5.44. The van der Waals surface area contributed by atoms with E-state index in [9.17, 15) is 0 Å². The summed E-state index contributed by atoms with van der Waals surface area (Å²) in [5, 5.41) is 0. The molecule has 0 amide bonds. The van der Waals surface area contributed by atoms with E-state index in [0.717, 1.165) is 11.3 Å². The molecular weight excluding hydrogens is 258 g/mol. The first-order chi connectivity index (χ1) is 10.1. The van der Waals surface area contributed by atoms with Gasteiger partial charge in [0.2, 0.25) is 0 Å². The highest BCUT2D eigenvalue weighted by atomic mass is 15.3. The Labute approximate surface area is 125 Å². The molecule has 2 N–H and O–H groups in total. The molecule has 1 aliphatic heterocycles. The fraction of sp³-hybridized carbons (Fsp3) is 0.167. The van der Waals surface area contributed by atoms with Crippen LogP contribution in [0.15, 0.2) is 65.7 Å². The quantitative estimate of drug-likeness (QED) is 0.914. The van der Waals surface area contributed by atoms with E-state index in [1.54, 1.807) is 0 Å². The van der Waals surface area contributed by atoms with Crippen LogP contribution in [0.4, 0.5) is 0 Å². The third-order valence-electron chi connectivity index (χ3n) is 3.82. The van der Waals surface area contributed by atoms with E-state index in [2.05, 4.69) is 54.4 Å². The normalized spacial score (nSPS) is 18.2. The second-order valence-electron chi connectivity index (χ2n) is 5.35. The number of likely N-dealkylation sites (N-methyl/N-ethyl adjacent to an activating group) is 1. The van der Waals surface area contributed by atoms with Gasteiger partial charge in [-0.05, 0) is 18.6 Å². The van der Waals surface area contributed by atoms with Crippen molar-refractivity contribution in [3.63, 3.8) is 0 Å². The summed E-state index contributed by atoms with van der Waals surface area (Å²) in [4.78, 5) is 6.51. The molecule has 0 spiro atoms. The number of rotatable bonds is 2. The Kier molecular flexibility index (Phi) is 3.48. The zero-order valence-electron chi connectivity index (χ0n) is 12.3. The van der Waals surface area contributed by atoms with Crippen molar-refractivity contribution >= 4 is 11.7 Å². The lowest BCUT2D eigenvalue weighted by molar-refractivity contribution is 0.429. The van der Waals surface area contributed by atoms with Gasteiger partial charge in [-0.2, -0.15) is 0 Å². The highest BCUT2D eigenvalue weighted by molar-refractivity contribution is 5.88. The van der Waals surface area contributed by atoms with Crippen LogP contribution in [0, 0.1) is 6.92 Å². The Morgan fingerprint density at radius 3 is 2.33 bits per heavy atom. The van der Waals surface area contributed by atoms with Gasteiger partial charge < -0.3 is 10.6 Å². The Hall–Kier alpha value is -2.55. The highest BCUT2D eigenvalue weighted by Crippen LogP contribution is 2.30. The maximum absolute atomic E-state index is 6.10. The largest absolute Gasteiger partial charge is 0.369 e. The van der Waals surface area contributed by atoms with E-state index in [-0.39, 0.29) is 6.04 Å². The lowest BCUT2D eigenvalue weighted by atomic mass is 10.0. The number of hydrogen-bond donors (Lipinski definition) is 1. The Bertz CT molecular complexity index is 684. The van der Waals surface area contributed by atoms with Crippen LogP contribution in [-0.2, 0) is 0 Å². The number of nitrogens with zero attached hydrogens (tertiary/aromatic N) is 2. The van der Waals surface area contributed by atoms with Crippen LogP contribution < -0.4 is 5.73 Å². The molecule has 0 saturated heterocycles. The van der Waals surface area contributed by atoms with Gasteiger partial charge in [0, 0.05) is 12.6 Å². The van der Waals surface area contributed by atoms with Gasteiger partial charge in [-0.3, -0.25) is 0 Å². The van der Waals surface area contributed by atoms with E-state index in [0.29, 0.717) is 5.96 Å². The molecule has 0 bridgehead atoms. The van der Waals surface area contributed by atoms with E-state index in [1.165, 1.54) is 11.1 Å². The molecule has 106 valence electrons. The minimum absolute atomic E-state index is 0.111. The van der Waals surface area contributed by atoms with Crippen molar-refractivity contribution in [1.82, 2.24) is 4.90 Å². The maximum Gasteiger partial charge on any atom is 0.197 e. The van der Waals surface area contributed by atoms with Crippen molar-refractivity contribution in [3.05, 3.63) is 77.4 Å². The fourth-order valence-electron chi connectivity index (χ4n) is 2.50. The van der Waals surface area contributed by atoms with E-state index < -0.39 is 0 Å². The average Bonchev–Trinajstić information content (AvgIpc) is 2.51. The summed E-state index contributed by atoms with van der Waals surface area (Å²) >= 11 is 0. The average molecular weight is 277 g/mol. The third kappa shape index (κ3) is 2.68. The standard InChI is InChI=1S/C18H19N3/c1-13-8-10-14(11-9-13)16-12-17(21(2)18(19)20-16)15-6-4-3-5-7-15/h3-12,17H,1-2H3,(H2,19,20)/t17-/m1/s1. The first kappa shape index (κ1) is 13.4. The van der Waals surface area contributed by atoms with Crippen LogP contribution in [0.3, 0.4) is 0 Å². The molecule has 0 saturated carbocycles. The summed E-state index contributed by atoms with van der Waals surface area (Å²) in [6, 6.07) is 18.8. The van der Waals surface area contributed by atoms with Crippen molar-refractivity contribution in [2.75, 3.05) is 7.05 Å². The lowest BCUT2D eigenvalue weighted by Gasteiger charge is -2.31. The highest BCUT2D eigenvalue weighted by Gasteiger charge is 2.22. The fourth-order valence-corrected chi connectivity index (χ4v) is 2.50. The van der Waals surface area contributed by atoms with Crippen molar-refractivity contribution < 1.29 is 0 Å². The third-order valence-corrected chi connectivity index (χ3v) is 3.82. The molecule has 1 aliphatic rings. The number of aliphatic imine (C=N–C) groups is 1. The molecule has 3 heteroatoms. The van der Waals surface area contributed by atoms with Gasteiger partial charge in [0.25, 0.3) is 0 Å². The molecule has 3 nitrogen and oxygen atoms in total. The SMILES string of the molecule is Cc1ccc(C2=C[C@H](c3ccccc3)N(C)C(N)=N2)cc1. The molecule has 1 atom stereocenters. The van der Waals surface area contributed by atoms with Gasteiger partial charge in [-0.1, -0.05) is 60.2 Å². The van der Waals surface area contributed by atoms with Crippen molar-refractivity contribution in [2.24, 2.45) is 10.7 Å². The van der Waals surface area contributed by atoms with Gasteiger partial charge in [-0.25, -0.2) is 4.99 Å². The van der Waals surface area contributed by atoms with Crippen LogP contribution in [-0.4, -0.2) is 17.9 Å². The van der Waals surface area contributed by atoms with Crippen LogP contribution in [0.25, 0.3) is 5.70 Å². The van der Waals surface area contributed by atoms with E-state index in [1.807, 2.05) is 30.1 Å². The molecule has 21 heavy (non-hydrogen) atoms. The molecule has 3 rings (SSSR count). The maximum atomic E-state index is 6.10. The number of benzene rings is 2. The summed E-state index contributed by atoms with van der Waals surface area (Å²) in [7, 11) is 1.97. The van der Waals surface area contributed by atoms with E-state index in [4.69, 9.17) is 5.73 Å². The van der Waals surface area contributed by atoms with Crippen LogP contribution in [0.2, 0.25) is 0 Å². The predicted octanol–water partition coefficient (Wildman–Crippen LogP) is 3.34. The zero-order valence-corrected chi connectivity index (χ0v) is 12.3. The number of nitrogens with two attached hydrogens (primary N) is 1. The van der Waals surface area contributed by atoms with Gasteiger partial charge >= 0.3 is 0 Å². The Morgan fingerprint density at radius 1 is 1.00 bits per heavy atom. The summed E-state index contributed by atoms with van der Waals surface area (Å²) in [6.07, 6.45) is 2.16. The van der Waals surface area contributed by atoms with Gasteiger partial charge in [0.15, 0.2) is 5.96 Å². The predicted molar refractivity (Wildman–Crippen MR) is 87.7 cm³/mol. The zero-order chi connectivity index (χ0) is 14.8. The monoisotopic (exact) mass is 277 g/mol. The molecule has 0 unspecified atom stereocenters. The number of guanidine groups is 1. The first-order valence-corrected chi connectivity index (χ1v) is 7.06. The molecule has 0 aliphatic carbocycles. The summed E-state index contributed by atoms with van der Waals surface area (Å²) in [5.74, 6) is 0.543. The van der Waals surface area contributed by atoms with Crippen molar-refractivity contribution in [1.29, 1.82) is 0 Å². The van der Waals surface area contributed by atoms with Gasteiger partial charge in [-0.15, -0.1) is 0 Å². The summed E-state index contributed by atoms with van der Waals surface area (Å²) in [6.45, 7) is 2.08. The molecular formula is C18H19N3. The minimum atomic E-state index is 0.111. The van der Waals surface area contributed by atoms with Crippen molar-refractivity contribution in [2.45, 2.75) is 13.0 Å². The first-order valence-electron chi connectivity index (χ1n) is 7.06. The van der Waals surface area contributed by atoms with Crippen LogP contribution in [0.1, 0.15) is 22.7 Å². The molecule has 0 aromatic heterocycles. The lowest BCUT2D eigenvalue weighted by Crippen LogP contribution is -2.38.